The van der Waals surface area contributed by atoms with Crippen LogP contribution in [-0.2, 0) is 0 Å². The molecule has 1 amide bonds. The number of hydrogen-bond donors (Lipinski definition) is 2. The fourth-order valence-electron chi connectivity index (χ4n) is 2.15. The van der Waals surface area contributed by atoms with Crippen molar-refractivity contribution < 1.29 is 14.3 Å². The van der Waals surface area contributed by atoms with Gasteiger partial charge >= 0.3 is 0 Å². The number of carbonyl (C=O) groups is 1. The molecular weight excluding hydrogens is 282 g/mol. The van der Waals surface area contributed by atoms with Crippen LogP contribution in [0.4, 0.5) is 11.4 Å². The lowest BCUT2D eigenvalue weighted by molar-refractivity contribution is 0.102. The number of benzene rings is 1. The van der Waals surface area contributed by atoms with Gasteiger partial charge in [0.1, 0.15) is 0 Å². The van der Waals surface area contributed by atoms with Gasteiger partial charge in [-0.2, -0.15) is 0 Å². The molecule has 0 saturated carbocycles. The second-order valence-corrected chi connectivity index (χ2v) is 5.28. The third-order valence-electron chi connectivity index (χ3n) is 3.09. The molecule has 0 atom stereocenters. The Hall–Kier alpha value is -2.76. The van der Waals surface area contributed by atoms with Crippen LogP contribution in [0.15, 0.2) is 36.7 Å². The third kappa shape index (κ3) is 3.11. The summed E-state index contributed by atoms with van der Waals surface area (Å²) in [6.45, 7) is 4.26. The van der Waals surface area contributed by atoms with Gasteiger partial charge in [0.15, 0.2) is 11.5 Å². The Balaban J connectivity index is 1.74. The van der Waals surface area contributed by atoms with Crippen molar-refractivity contribution in [3.63, 3.8) is 0 Å². The molecule has 1 aromatic heterocycles. The topological polar surface area (TPSA) is 72.5 Å². The van der Waals surface area contributed by atoms with Crippen LogP contribution in [0.2, 0.25) is 0 Å². The Bertz CT molecular complexity index is 701. The second kappa shape index (κ2) is 5.93. The van der Waals surface area contributed by atoms with E-state index in [1.807, 2.05) is 13.8 Å². The Morgan fingerprint density at radius 2 is 1.95 bits per heavy atom. The number of pyridine rings is 1. The number of rotatable bonds is 4. The first-order valence-electron chi connectivity index (χ1n) is 7.04. The van der Waals surface area contributed by atoms with Gasteiger partial charge in [0, 0.05) is 30.2 Å². The van der Waals surface area contributed by atoms with Gasteiger partial charge in [0.2, 0.25) is 6.79 Å². The van der Waals surface area contributed by atoms with E-state index < -0.39 is 0 Å². The van der Waals surface area contributed by atoms with E-state index in [9.17, 15) is 4.79 Å². The van der Waals surface area contributed by atoms with E-state index in [-0.39, 0.29) is 18.7 Å². The van der Waals surface area contributed by atoms with E-state index in [1.54, 1.807) is 30.5 Å². The Morgan fingerprint density at radius 3 is 2.77 bits per heavy atom. The third-order valence-corrected chi connectivity index (χ3v) is 3.09. The van der Waals surface area contributed by atoms with Crippen molar-refractivity contribution in [2.24, 2.45) is 0 Å². The molecule has 2 N–H and O–H groups in total. The maximum Gasteiger partial charge on any atom is 0.257 e. The summed E-state index contributed by atoms with van der Waals surface area (Å²) >= 11 is 0. The SMILES string of the molecule is CC(C)Nc1cncc(C(=O)Nc2ccc3c(c2)OCO3)c1. The summed E-state index contributed by atoms with van der Waals surface area (Å²) in [4.78, 5) is 16.4. The molecule has 0 unspecified atom stereocenters. The predicted molar refractivity (Wildman–Crippen MR) is 83.5 cm³/mol. The van der Waals surface area contributed by atoms with Gasteiger partial charge in [-0.05, 0) is 32.0 Å². The summed E-state index contributed by atoms with van der Waals surface area (Å²) in [7, 11) is 0. The molecule has 6 nitrogen and oxygen atoms in total. The highest BCUT2D eigenvalue weighted by Crippen LogP contribution is 2.34. The first-order chi connectivity index (χ1) is 10.6. The van der Waals surface area contributed by atoms with Gasteiger partial charge in [0.05, 0.1) is 11.3 Å². The quantitative estimate of drug-likeness (QED) is 0.908. The number of anilines is 2. The van der Waals surface area contributed by atoms with Gasteiger partial charge in [0.25, 0.3) is 5.91 Å². The first-order valence-corrected chi connectivity index (χ1v) is 7.04. The number of fused-ring (bicyclic) bond motifs is 1. The molecule has 0 fully saturated rings. The first kappa shape index (κ1) is 14.2. The minimum atomic E-state index is -0.223. The highest BCUT2D eigenvalue weighted by molar-refractivity contribution is 6.04. The number of nitrogens with one attached hydrogen (secondary N) is 2. The average molecular weight is 299 g/mol. The van der Waals surface area contributed by atoms with E-state index in [0.717, 1.165) is 5.69 Å². The van der Waals surface area contributed by atoms with Crippen LogP contribution in [0.1, 0.15) is 24.2 Å². The number of hydrogen-bond acceptors (Lipinski definition) is 5. The molecule has 0 radical (unpaired) electrons. The molecule has 1 aromatic carbocycles. The van der Waals surface area contributed by atoms with E-state index in [0.29, 0.717) is 22.7 Å². The van der Waals surface area contributed by atoms with Gasteiger partial charge in [-0.25, -0.2) is 0 Å². The molecule has 2 heterocycles. The van der Waals surface area contributed by atoms with Gasteiger partial charge in [-0.3, -0.25) is 9.78 Å². The Labute approximate surface area is 128 Å². The van der Waals surface area contributed by atoms with Crippen molar-refractivity contribution >= 4 is 17.3 Å². The van der Waals surface area contributed by atoms with Crippen molar-refractivity contribution in [2.75, 3.05) is 17.4 Å². The second-order valence-electron chi connectivity index (χ2n) is 5.28. The minimum absolute atomic E-state index is 0.208. The summed E-state index contributed by atoms with van der Waals surface area (Å²) in [6.07, 6.45) is 3.23. The summed E-state index contributed by atoms with van der Waals surface area (Å²) in [6, 6.07) is 7.33. The molecule has 0 saturated heterocycles. The lowest BCUT2D eigenvalue weighted by Crippen LogP contribution is -2.14. The zero-order chi connectivity index (χ0) is 15.5. The molecule has 0 spiro atoms. The van der Waals surface area contributed by atoms with Gasteiger partial charge in [-0.15, -0.1) is 0 Å². The van der Waals surface area contributed by atoms with Gasteiger partial charge in [-0.1, -0.05) is 0 Å². The van der Waals surface area contributed by atoms with Crippen LogP contribution in [0.5, 0.6) is 11.5 Å². The molecule has 2 aromatic rings. The van der Waals surface area contributed by atoms with E-state index >= 15 is 0 Å². The zero-order valence-corrected chi connectivity index (χ0v) is 12.4. The molecule has 0 bridgehead atoms. The normalized spacial score (nSPS) is 12.3. The average Bonchev–Trinajstić information content (AvgIpc) is 2.94. The van der Waals surface area contributed by atoms with Crippen molar-refractivity contribution in [1.82, 2.24) is 4.98 Å². The molecule has 6 heteroatoms. The number of carbonyl (C=O) groups excluding carboxylic acids is 1. The Kier molecular flexibility index (Phi) is 3.82. The summed E-state index contributed by atoms with van der Waals surface area (Å²) < 4.78 is 10.5. The molecule has 1 aliphatic heterocycles. The summed E-state index contributed by atoms with van der Waals surface area (Å²) in [5.74, 6) is 1.09. The predicted octanol–water partition coefficient (Wildman–Crippen LogP) is 2.88. The highest BCUT2D eigenvalue weighted by Gasteiger charge is 2.15. The van der Waals surface area contributed by atoms with Crippen LogP contribution in [0, 0.1) is 0 Å². The van der Waals surface area contributed by atoms with E-state index in [2.05, 4.69) is 15.6 Å². The van der Waals surface area contributed by atoms with Crippen LogP contribution in [0.3, 0.4) is 0 Å². The van der Waals surface area contributed by atoms with Crippen LogP contribution in [-0.4, -0.2) is 23.7 Å². The fraction of sp³-hybridized carbons (Fsp3) is 0.250. The number of aromatic nitrogens is 1. The smallest absolute Gasteiger partial charge is 0.257 e. The molecule has 3 rings (SSSR count). The monoisotopic (exact) mass is 299 g/mol. The molecule has 22 heavy (non-hydrogen) atoms. The molecule has 114 valence electrons. The maximum atomic E-state index is 12.3. The summed E-state index contributed by atoms with van der Waals surface area (Å²) in [5, 5.41) is 6.05. The minimum Gasteiger partial charge on any atom is -0.454 e. The summed E-state index contributed by atoms with van der Waals surface area (Å²) in [5.41, 5.74) is 1.95. The lowest BCUT2D eigenvalue weighted by Gasteiger charge is -2.11. The standard InChI is InChI=1S/C16H17N3O3/c1-10(2)18-13-5-11(7-17-8-13)16(20)19-12-3-4-14-15(6-12)22-9-21-14/h3-8,10,18H,9H2,1-2H3,(H,19,20). The van der Waals surface area contributed by atoms with Crippen LogP contribution >= 0.6 is 0 Å². The van der Waals surface area contributed by atoms with Crippen molar-refractivity contribution in [3.05, 3.63) is 42.2 Å². The highest BCUT2D eigenvalue weighted by atomic mass is 16.7. The van der Waals surface area contributed by atoms with Crippen molar-refractivity contribution in [3.8, 4) is 11.5 Å². The van der Waals surface area contributed by atoms with Crippen LogP contribution in [0.25, 0.3) is 0 Å². The molecule has 0 aliphatic carbocycles. The van der Waals surface area contributed by atoms with E-state index in [1.165, 1.54) is 6.20 Å². The lowest BCUT2D eigenvalue weighted by atomic mass is 10.2. The maximum absolute atomic E-state index is 12.3. The largest absolute Gasteiger partial charge is 0.454 e. The zero-order valence-electron chi connectivity index (χ0n) is 12.4. The molecule has 1 aliphatic rings. The van der Waals surface area contributed by atoms with E-state index in [4.69, 9.17) is 9.47 Å². The number of ether oxygens (including phenoxy) is 2. The fourth-order valence-corrected chi connectivity index (χ4v) is 2.15. The van der Waals surface area contributed by atoms with Crippen molar-refractivity contribution in [2.45, 2.75) is 19.9 Å². The van der Waals surface area contributed by atoms with Crippen LogP contribution < -0.4 is 20.1 Å². The van der Waals surface area contributed by atoms with Gasteiger partial charge < -0.3 is 20.1 Å². The number of nitrogens with zero attached hydrogens (tertiary/aromatic N) is 1. The van der Waals surface area contributed by atoms with Crippen molar-refractivity contribution in [1.29, 1.82) is 0 Å². The Morgan fingerprint density at radius 1 is 1.14 bits per heavy atom. The molecular formula is C16H17N3O3. The number of amides is 1.